The molecule has 2 heterocycles. The number of ether oxygens (including phenoxy) is 1. The van der Waals surface area contributed by atoms with Crippen molar-refractivity contribution >= 4 is 23.4 Å². The molecule has 1 aliphatic rings. The summed E-state index contributed by atoms with van der Waals surface area (Å²) in [5.74, 6) is -0.755. The molecule has 102 valence electrons. The SMILES string of the molecule is CCOC(=O)c1cn(C2=NC(Cl)CC=C2F)cc1C. The highest BCUT2D eigenvalue weighted by Gasteiger charge is 2.20. The van der Waals surface area contributed by atoms with Gasteiger partial charge in [0.05, 0.1) is 12.2 Å². The van der Waals surface area contributed by atoms with Crippen molar-refractivity contribution in [2.24, 2.45) is 4.99 Å². The number of aromatic nitrogens is 1. The largest absolute Gasteiger partial charge is 0.462 e. The number of dihydropyridines is 1. The fraction of sp³-hybridized carbons (Fsp3) is 0.385. The maximum atomic E-state index is 13.7. The van der Waals surface area contributed by atoms with Crippen molar-refractivity contribution in [1.82, 2.24) is 4.57 Å². The predicted octanol–water partition coefficient (Wildman–Crippen LogP) is 3.04. The number of hydrogen-bond donors (Lipinski definition) is 0. The molecule has 19 heavy (non-hydrogen) atoms. The van der Waals surface area contributed by atoms with E-state index in [0.29, 0.717) is 24.2 Å². The average Bonchev–Trinajstić information content (AvgIpc) is 2.74. The van der Waals surface area contributed by atoms with Crippen LogP contribution in [-0.2, 0) is 4.74 Å². The molecule has 1 aliphatic heterocycles. The summed E-state index contributed by atoms with van der Waals surface area (Å²) < 4.78 is 20.1. The van der Waals surface area contributed by atoms with Gasteiger partial charge in [0.25, 0.3) is 0 Å². The van der Waals surface area contributed by atoms with Crippen molar-refractivity contribution in [3.05, 3.63) is 35.4 Å². The van der Waals surface area contributed by atoms with Crippen LogP contribution in [0, 0.1) is 6.92 Å². The fourth-order valence-corrected chi connectivity index (χ4v) is 2.01. The van der Waals surface area contributed by atoms with E-state index >= 15 is 0 Å². The van der Waals surface area contributed by atoms with Gasteiger partial charge in [-0.3, -0.25) is 0 Å². The molecule has 0 aliphatic carbocycles. The van der Waals surface area contributed by atoms with Gasteiger partial charge in [0.15, 0.2) is 11.7 Å². The van der Waals surface area contributed by atoms with Crippen LogP contribution in [0.5, 0.6) is 0 Å². The normalized spacial score (nSPS) is 18.8. The number of carbonyl (C=O) groups is 1. The average molecular weight is 285 g/mol. The summed E-state index contributed by atoms with van der Waals surface area (Å²) in [5.41, 5.74) is 0.614. The molecule has 2 rings (SSSR count). The summed E-state index contributed by atoms with van der Waals surface area (Å²) in [7, 11) is 0. The molecule has 1 atom stereocenters. The zero-order valence-electron chi connectivity index (χ0n) is 10.7. The first-order valence-electron chi connectivity index (χ1n) is 5.97. The molecule has 0 saturated heterocycles. The van der Waals surface area contributed by atoms with Crippen molar-refractivity contribution in [3.63, 3.8) is 0 Å². The smallest absolute Gasteiger partial charge is 0.339 e. The van der Waals surface area contributed by atoms with Gasteiger partial charge in [0.2, 0.25) is 0 Å². The monoisotopic (exact) mass is 284 g/mol. The summed E-state index contributed by atoms with van der Waals surface area (Å²) >= 11 is 5.88. The number of hydrogen-bond acceptors (Lipinski definition) is 3. The van der Waals surface area contributed by atoms with E-state index in [1.54, 1.807) is 20.0 Å². The first kappa shape index (κ1) is 13.8. The van der Waals surface area contributed by atoms with Gasteiger partial charge in [0, 0.05) is 18.8 Å². The first-order chi connectivity index (χ1) is 9.02. The van der Waals surface area contributed by atoms with Crippen LogP contribution in [0.25, 0.3) is 0 Å². The molecule has 0 bridgehead atoms. The van der Waals surface area contributed by atoms with Gasteiger partial charge in [-0.2, -0.15) is 0 Å². The van der Waals surface area contributed by atoms with Crippen LogP contribution in [0.1, 0.15) is 29.3 Å². The van der Waals surface area contributed by atoms with Crippen LogP contribution in [0.2, 0.25) is 0 Å². The van der Waals surface area contributed by atoms with E-state index in [1.165, 1.54) is 16.8 Å². The number of rotatable bonds is 2. The van der Waals surface area contributed by atoms with Crippen LogP contribution in [-0.4, -0.2) is 28.5 Å². The zero-order chi connectivity index (χ0) is 14.0. The van der Waals surface area contributed by atoms with Crippen LogP contribution in [0.3, 0.4) is 0 Å². The van der Waals surface area contributed by atoms with Crippen molar-refractivity contribution in [2.75, 3.05) is 6.61 Å². The van der Waals surface area contributed by atoms with Crippen molar-refractivity contribution in [2.45, 2.75) is 25.8 Å². The number of carbonyl (C=O) groups excluding carboxylic acids is 1. The minimum absolute atomic E-state index is 0.116. The zero-order valence-corrected chi connectivity index (χ0v) is 11.4. The highest BCUT2D eigenvalue weighted by atomic mass is 35.5. The third-order valence-corrected chi connectivity index (χ3v) is 3.01. The maximum absolute atomic E-state index is 13.7. The molecule has 6 heteroatoms. The number of alkyl halides is 1. The van der Waals surface area contributed by atoms with Gasteiger partial charge in [-0.1, -0.05) is 11.6 Å². The number of aliphatic imine (C=N–C) groups is 1. The fourth-order valence-electron chi connectivity index (χ4n) is 1.83. The Morgan fingerprint density at radius 1 is 1.63 bits per heavy atom. The second-order valence-electron chi connectivity index (χ2n) is 4.16. The van der Waals surface area contributed by atoms with Gasteiger partial charge in [-0.25, -0.2) is 14.2 Å². The van der Waals surface area contributed by atoms with E-state index in [4.69, 9.17) is 16.3 Å². The van der Waals surface area contributed by atoms with Crippen molar-refractivity contribution in [3.8, 4) is 0 Å². The number of allylic oxidation sites excluding steroid dienone is 1. The molecular weight excluding hydrogens is 271 g/mol. The van der Waals surface area contributed by atoms with E-state index in [9.17, 15) is 9.18 Å². The maximum Gasteiger partial charge on any atom is 0.339 e. The molecule has 1 aromatic rings. The van der Waals surface area contributed by atoms with Crippen LogP contribution in [0.4, 0.5) is 4.39 Å². The molecular formula is C13H14ClFN2O2. The molecule has 0 amide bonds. The van der Waals surface area contributed by atoms with Gasteiger partial charge in [-0.15, -0.1) is 0 Å². The van der Waals surface area contributed by atoms with Crippen molar-refractivity contribution < 1.29 is 13.9 Å². The lowest BCUT2D eigenvalue weighted by Crippen LogP contribution is -2.17. The number of nitrogens with zero attached hydrogens (tertiary/aromatic N) is 2. The van der Waals surface area contributed by atoms with Gasteiger partial charge >= 0.3 is 5.97 Å². The summed E-state index contributed by atoms with van der Waals surface area (Å²) in [4.78, 5) is 15.7. The first-order valence-corrected chi connectivity index (χ1v) is 6.40. The lowest BCUT2D eigenvalue weighted by molar-refractivity contribution is 0.0525. The molecule has 0 saturated carbocycles. The quantitative estimate of drug-likeness (QED) is 0.476. The highest BCUT2D eigenvalue weighted by molar-refractivity contribution is 6.22. The Morgan fingerprint density at radius 3 is 3.05 bits per heavy atom. The van der Waals surface area contributed by atoms with Crippen LogP contribution in [0.15, 0.2) is 29.3 Å². The van der Waals surface area contributed by atoms with E-state index in [-0.39, 0.29) is 5.84 Å². The highest BCUT2D eigenvalue weighted by Crippen LogP contribution is 2.20. The molecule has 0 aromatic carbocycles. The third-order valence-electron chi connectivity index (χ3n) is 2.73. The molecule has 4 nitrogen and oxygen atoms in total. The van der Waals surface area contributed by atoms with Crippen molar-refractivity contribution in [1.29, 1.82) is 0 Å². The topological polar surface area (TPSA) is 43.6 Å². The number of aryl methyl sites for hydroxylation is 1. The Balaban J connectivity index is 2.35. The minimum Gasteiger partial charge on any atom is -0.462 e. The molecule has 1 aromatic heterocycles. The summed E-state index contributed by atoms with van der Waals surface area (Å²) in [5, 5.41) is 0. The number of esters is 1. The van der Waals surface area contributed by atoms with E-state index < -0.39 is 17.3 Å². The van der Waals surface area contributed by atoms with Crippen LogP contribution >= 0.6 is 11.6 Å². The second-order valence-corrected chi connectivity index (χ2v) is 4.66. The number of halogens is 2. The third kappa shape index (κ3) is 2.87. The lowest BCUT2D eigenvalue weighted by Gasteiger charge is -2.13. The second kappa shape index (κ2) is 5.57. The Kier molecular flexibility index (Phi) is 4.04. The van der Waals surface area contributed by atoms with Gasteiger partial charge < -0.3 is 9.30 Å². The van der Waals surface area contributed by atoms with E-state index in [2.05, 4.69) is 4.99 Å². The Bertz CT molecular complexity index is 563. The van der Waals surface area contributed by atoms with Gasteiger partial charge in [0.1, 0.15) is 5.50 Å². The molecule has 1 unspecified atom stereocenters. The lowest BCUT2D eigenvalue weighted by atomic mass is 10.2. The summed E-state index contributed by atoms with van der Waals surface area (Å²) in [6.07, 6.45) is 4.89. The molecule has 0 spiro atoms. The standard InChI is InChI=1S/C13H14ClFN2O2/c1-3-19-13(18)9-7-17(6-8(9)2)12-10(15)4-5-11(14)16-12/h4,6-7,11H,3,5H2,1-2H3. The molecule has 0 fully saturated rings. The molecule has 0 N–H and O–H groups in total. The molecule has 0 radical (unpaired) electrons. The minimum atomic E-state index is -0.483. The van der Waals surface area contributed by atoms with E-state index in [1.807, 2.05) is 0 Å². The van der Waals surface area contributed by atoms with Gasteiger partial charge in [-0.05, 0) is 25.5 Å². The van der Waals surface area contributed by atoms with Crippen LogP contribution < -0.4 is 0 Å². The summed E-state index contributed by atoms with van der Waals surface area (Å²) in [6.45, 7) is 3.78. The Hall–Kier alpha value is -1.62. The Morgan fingerprint density at radius 2 is 2.37 bits per heavy atom. The van der Waals surface area contributed by atoms with E-state index in [0.717, 1.165) is 0 Å². The summed E-state index contributed by atoms with van der Waals surface area (Å²) in [6, 6.07) is 0. The Labute approximate surface area is 115 Å². The predicted molar refractivity (Wildman–Crippen MR) is 71.4 cm³/mol.